The average Bonchev–Trinajstić information content (AvgIpc) is 2.37. The fourth-order valence-electron chi connectivity index (χ4n) is 2.30. The lowest BCUT2D eigenvalue weighted by Crippen LogP contribution is -2.36. The number of hydrogen-bond acceptors (Lipinski definition) is 3. The fraction of sp³-hybridized carbons (Fsp3) is 0.500. The maximum Gasteiger partial charge on any atom is 0.252 e. The molecule has 1 aliphatic heterocycles. The highest BCUT2D eigenvalue weighted by molar-refractivity contribution is 9.10. The Morgan fingerprint density at radius 1 is 1.47 bits per heavy atom. The zero-order valence-corrected chi connectivity index (χ0v) is 13.5. The summed E-state index contributed by atoms with van der Waals surface area (Å²) in [5.41, 5.74) is 0.638. The Labute approximate surface area is 128 Å². The van der Waals surface area contributed by atoms with E-state index < -0.39 is 0 Å². The molecule has 104 valence electrons. The van der Waals surface area contributed by atoms with E-state index in [1.807, 2.05) is 12.1 Å². The SMILES string of the molecule is CN1CCC(CNC(=O)c2ccc(Br)cc2S)CC1. The number of nitrogens with one attached hydrogen (secondary N) is 1. The third-order valence-electron chi connectivity index (χ3n) is 3.59. The van der Waals surface area contributed by atoms with Crippen LogP contribution in [0, 0.1) is 5.92 Å². The molecule has 2 rings (SSSR count). The van der Waals surface area contributed by atoms with Gasteiger partial charge in [0.1, 0.15) is 0 Å². The van der Waals surface area contributed by atoms with Crippen molar-refractivity contribution >= 4 is 34.5 Å². The third-order valence-corrected chi connectivity index (χ3v) is 4.46. The number of hydrogen-bond donors (Lipinski definition) is 2. The van der Waals surface area contributed by atoms with Crippen molar-refractivity contribution < 1.29 is 4.79 Å². The van der Waals surface area contributed by atoms with Gasteiger partial charge in [-0.15, -0.1) is 12.6 Å². The summed E-state index contributed by atoms with van der Waals surface area (Å²) < 4.78 is 0.935. The van der Waals surface area contributed by atoms with Crippen LogP contribution in [0.5, 0.6) is 0 Å². The molecule has 1 saturated heterocycles. The van der Waals surface area contributed by atoms with Crippen molar-refractivity contribution in [3.8, 4) is 0 Å². The van der Waals surface area contributed by atoms with Crippen molar-refractivity contribution in [2.45, 2.75) is 17.7 Å². The van der Waals surface area contributed by atoms with Crippen molar-refractivity contribution in [2.24, 2.45) is 5.92 Å². The van der Waals surface area contributed by atoms with Crippen molar-refractivity contribution in [3.05, 3.63) is 28.2 Å². The smallest absolute Gasteiger partial charge is 0.252 e. The van der Waals surface area contributed by atoms with Crippen LogP contribution in [0.1, 0.15) is 23.2 Å². The molecule has 0 radical (unpaired) electrons. The summed E-state index contributed by atoms with van der Waals surface area (Å²) in [5, 5.41) is 3.02. The Balaban J connectivity index is 1.87. The number of benzene rings is 1. The summed E-state index contributed by atoms with van der Waals surface area (Å²) in [6.07, 6.45) is 2.32. The molecule has 0 unspecified atom stereocenters. The molecule has 5 heteroatoms. The van der Waals surface area contributed by atoms with Crippen LogP contribution >= 0.6 is 28.6 Å². The Morgan fingerprint density at radius 2 is 2.16 bits per heavy atom. The van der Waals surface area contributed by atoms with E-state index >= 15 is 0 Å². The number of halogens is 1. The molecule has 1 heterocycles. The number of piperidine rings is 1. The highest BCUT2D eigenvalue weighted by atomic mass is 79.9. The quantitative estimate of drug-likeness (QED) is 0.828. The number of thiol groups is 1. The average molecular weight is 343 g/mol. The number of nitrogens with zero attached hydrogens (tertiary/aromatic N) is 1. The van der Waals surface area contributed by atoms with Crippen LogP contribution in [0.2, 0.25) is 0 Å². The summed E-state index contributed by atoms with van der Waals surface area (Å²) >= 11 is 7.71. The summed E-state index contributed by atoms with van der Waals surface area (Å²) in [7, 11) is 2.14. The first kappa shape index (κ1) is 14.9. The Bertz CT molecular complexity index is 459. The highest BCUT2D eigenvalue weighted by Crippen LogP contribution is 2.20. The highest BCUT2D eigenvalue weighted by Gasteiger charge is 2.18. The van der Waals surface area contributed by atoms with Crippen molar-refractivity contribution in [2.75, 3.05) is 26.7 Å². The first-order chi connectivity index (χ1) is 9.06. The van der Waals surface area contributed by atoms with Gasteiger partial charge in [0.25, 0.3) is 5.91 Å². The molecule has 19 heavy (non-hydrogen) atoms. The minimum absolute atomic E-state index is 0.0311. The Morgan fingerprint density at radius 3 is 2.79 bits per heavy atom. The topological polar surface area (TPSA) is 32.3 Å². The fourth-order valence-corrected chi connectivity index (χ4v) is 3.15. The predicted molar refractivity (Wildman–Crippen MR) is 83.9 cm³/mol. The van der Waals surface area contributed by atoms with E-state index in [4.69, 9.17) is 0 Å². The van der Waals surface area contributed by atoms with E-state index in [9.17, 15) is 4.79 Å². The number of carbonyl (C=O) groups is 1. The van der Waals surface area contributed by atoms with Crippen LogP contribution in [-0.2, 0) is 0 Å². The van der Waals surface area contributed by atoms with Crippen molar-refractivity contribution in [3.63, 3.8) is 0 Å². The minimum atomic E-state index is -0.0311. The van der Waals surface area contributed by atoms with Crippen LogP contribution in [0.4, 0.5) is 0 Å². The van der Waals surface area contributed by atoms with E-state index in [1.54, 1.807) is 6.07 Å². The normalized spacial score (nSPS) is 17.4. The molecule has 0 bridgehead atoms. The monoisotopic (exact) mass is 342 g/mol. The van der Waals surface area contributed by atoms with Gasteiger partial charge in [-0.3, -0.25) is 4.79 Å². The van der Waals surface area contributed by atoms with Crippen LogP contribution in [0.3, 0.4) is 0 Å². The van der Waals surface area contributed by atoms with Crippen LogP contribution < -0.4 is 5.32 Å². The molecule has 1 aromatic rings. The van der Waals surface area contributed by atoms with E-state index in [2.05, 4.69) is 45.8 Å². The lowest BCUT2D eigenvalue weighted by molar-refractivity contribution is 0.0936. The van der Waals surface area contributed by atoms with Crippen LogP contribution in [0.15, 0.2) is 27.6 Å². The lowest BCUT2D eigenvalue weighted by atomic mass is 9.97. The molecule has 1 aromatic carbocycles. The molecule has 1 amide bonds. The van der Waals surface area contributed by atoms with E-state index in [0.29, 0.717) is 16.4 Å². The third kappa shape index (κ3) is 4.23. The summed E-state index contributed by atoms with van der Waals surface area (Å²) in [5.74, 6) is 0.565. The lowest BCUT2D eigenvalue weighted by Gasteiger charge is -2.28. The second kappa shape index (κ2) is 6.77. The molecule has 1 fully saturated rings. The standard InChI is InChI=1S/C14H19BrN2OS/c1-17-6-4-10(5-7-17)9-16-14(18)12-3-2-11(15)8-13(12)19/h2-3,8,10,19H,4-7,9H2,1H3,(H,16,18). The zero-order chi connectivity index (χ0) is 13.8. The minimum Gasteiger partial charge on any atom is -0.352 e. The summed E-state index contributed by atoms with van der Waals surface area (Å²) in [6, 6.07) is 5.51. The molecule has 0 atom stereocenters. The maximum atomic E-state index is 12.1. The maximum absolute atomic E-state index is 12.1. The molecule has 0 spiro atoms. The number of rotatable bonds is 3. The van der Waals surface area contributed by atoms with E-state index in [-0.39, 0.29) is 5.91 Å². The van der Waals surface area contributed by atoms with E-state index in [1.165, 1.54) is 0 Å². The van der Waals surface area contributed by atoms with E-state index in [0.717, 1.165) is 36.9 Å². The molecular formula is C14H19BrN2OS. The zero-order valence-electron chi connectivity index (χ0n) is 11.0. The molecule has 1 N–H and O–H groups in total. The van der Waals surface area contributed by atoms with Crippen molar-refractivity contribution in [1.82, 2.24) is 10.2 Å². The van der Waals surface area contributed by atoms with Gasteiger partial charge in [0.15, 0.2) is 0 Å². The first-order valence-electron chi connectivity index (χ1n) is 6.51. The second-order valence-electron chi connectivity index (χ2n) is 5.12. The molecule has 0 aliphatic carbocycles. The predicted octanol–water partition coefficient (Wildman–Crippen LogP) is 2.81. The van der Waals surface area contributed by atoms with Gasteiger partial charge in [0.2, 0.25) is 0 Å². The van der Waals surface area contributed by atoms with Gasteiger partial charge in [-0.25, -0.2) is 0 Å². The molecule has 1 aliphatic rings. The molecule has 0 aromatic heterocycles. The van der Waals surface area contributed by atoms with Gasteiger partial charge in [0, 0.05) is 15.9 Å². The van der Waals surface area contributed by atoms with Gasteiger partial charge in [-0.2, -0.15) is 0 Å². The Kier molecular flexibility index (Phi) is 5.30. The molecule has 3 nitrogen and oxygen atoms in total. The van der Waals surface area contributed by atoms with Crippen LogP contribution in [0.25, 0.3) is 0 Å². The molecule has 0 saturated carbocycles. The Hall–Kier alpha value is -0.520. The van der Waals surface area contributed by atoms with Gasteiger partial charge in [-0.1, -0.05) is 15.9 Å². The first-order valence-corrected chi connectivity index (χ1v) is 7.75. The largest absolute Gasteiger partial charge is 0.352 e. The van der Waals surface area contributed by atoms with Crippen LogP contribution in [-0.4, -0.2) is 37.5 Å². The van der Waals surface area contributed by atoms with Gasteiger partial charge in [-0.05, 0) is 57.1 Å². The van der Waals surface area contributed by atoms with Gasteiger partial charge < -0.3 is 10.2 Å². The summed E-state index contributed by atoms with van der Waals surface area (Å²) in [4.78, 5) is 15.1. The number of carbonyl (C=O) groups excluding carboxylic acids is 1. The van der Waals surface area contributed by atoms with Gasteiger partial charge >= 0.3 is 0 Å². The number of likely N-dealkylation sites (tertiary alicyclic amines) is 1. The van der Waals surface area contributed by atoms with Gasteiger partial charge in [0.05, 0.1) is 5.56 Å². The number of amides is 1. The summed E-state index contributed by atoms with van der Waals surface area (Å²) in [6.45, 7) is 3.00. The second-order valence-corrected chi connectivity index (χ2v) is 6.52. The molecular weight excluding hydrogens is 324 g/mol. The van der Waals surface area contributed by atoms with Crippen molar-refractivity contribution in [1.29, 1.82) is 0 Å².